The number of benzene rings is 2. The standard InChI is InChI=1S/C17H15BrN2O2/c1-11(21)20-16(12-5-3-2-4-6-12)10-15(19-20)14-9-13(18)7-8-17(14)22/h2-9,16,22H,10H2,1H3/t16-/m0/s1. The van der Waals surface area contributed by atoms with Gasteiger partial charge < -0.3 is 5.11 Å². The lowest BCUT2D eigenvalue weighted by molar-refractivity contribution is -0.130. The van der Waals surface area contributed by atoms with Gasteiger partial charge in [0.1, 0.15) is 5.75 Å². The highest BCUT2D eigenvalue weighted by molar-refractivity contribution is 9.10. The molecule has 1 atom stereocenters. The third-order valence-corrected chi connectivity index (χ3v) is 4.18. The maximum absolute atomic E-state index is 11.9. The van der Waals surface area contributed by atoms with Crippen molar-refractivity contribution in [3.05, 3.63) is 64.1 Å². The largest absolute Gasteiger partial charge is 0.507 e. The summed E-state index contributed by atoms with van der Waals surface area (Å²) < 4.78 is 0.862. The van der Waals surface area contributed by atoms with Crippen molar-refractivity contribution in [3.63, 3.8) is 0 Å². The molecule has 0 saturated carbocycles. The van der Waals surface area contributed by atoms with Gasteiger partial charge in [-0.2, -0.15) is 5.10 Å². The minimum Gasteiger partial charge on any atom is -0.507 e. The number of hydrogen-bond acceptors (Lipinski definition) is 3. The Morgan fingerprint density at radius 3 is 2.68 bits per heavy atom. The smallest absolute Gasteiger partial charge is 0.240 e. The van der Waals surface area contributed by atoms with E-state index in [9.17, 15) is 9.90 Å². The molecule has 2 aromatic rings. The SMILES string of the molecule is CC(=O)N1N=C(c2cc(Br)ccc2O)C[C@H]1c1ccccc1. The quantitative estimate of drug-likeness (QED) is 0.886. The van der Waals surface area contributed by atoms with Crippen molar-refractivity contribution in [2.24, 2.45) is 5.10 Å². The van der Waals surface area contributed by atoms with Gasteiger partial charge in [-0.25, -0.2) is 5.01 Å². The Morgan fingerprint density at radius 2 is 2.00 bits per heavy atom. The number of rotatable bonds is 2. The molecule has 5 heteroatoms. The number of aromatic hydroxyl groups is 1. The first-order valence-corrected chi connectivity index (χ1v) is 7.76. The predicted molar refractivity (Wildman–Crippen MR) is 88.7 cm³/mol. The molecule has 0 saturated heterocycles. The first kappa shape index (κ1) is 14.8. The van der Waals surface area contributed by atoms with E-state index in [1.807, 2.05) is 36.4 Å². The second kappa shape index (κ2) is 5.93. The normalized spacial score (nSPS) is 17.5. The van der Waals surface area contributed by atoms with E-state index in [1.165, 1.54) is 11.9 Å². The summed E-state index contributed by atoms with van der Waals surface area (Å²) in [6, 6.07) is 14.9. The number of hydrazone groups is 1. The van der Waals surface area contributed by atoms with E-state index in [2.05, 4.69) is 21.0 Å². The van der Waals surface area contributed by atoms with Crippen molar-refractivity contribution in [1.29, 1.82) is 0 Å². The van der Waals surface area contributed by atoms with Crippen LogP contribution < -0.4 is 0 Å². The van der Waals surface area contributed by atoms with Crippen LogP contribution in [0.1, 0.15) is 30.5 Å². The summed E-state index contributed by atoms with van der Waals surface area (Å²) >= 11 is 3.40. The molecule has 0 unspecified atom stereocenters. The van der Waals surface area contributed by atoms with Crippen molar-refractivity contribution in [2.45, 2.75) is 19.4 Å². The van der Waals surface area contributed by atoms with Gasteiger partial charge in [0.2, 0.25) is 5.91 Å². The molecule has 2 aromatic carbocycles. The van der Waals surface area contributed by atoms with Crippen molar-refractivity contribution in [2.75, 3.05) is 0 Å². The number of carbonyl (C=O) groups is 1. The van der Waals surface area contributed by atoms with Gasteiger partial charge in [-0.15, -0.1) is 0 Å². The number of phenolic OH excluding ortho intramolecular Hbond substituents is 1. The fourth-order valence-electron chi connectivity index (χ4n) is 2.64. The minimum atomic E-state index is -0.132. The summed E-state index contributed by atoms with van der Waals surface area (Å²) in [5.41, 5.74) is 2.40. The summed E-state index contributed by atoms with van der Waals surface area (Å²) in [7, 11) is 0. The molecular weight excluding hydrogens is 344 g/mol. The molecule has 0 aliphatic carbocycles. The van der Waals surface area contributed by atoms with Crippen LogP contribution in [0.4, 0.5) is 0 Å². The highest BCUT2D eigenvalue weighted by Gasteiger charge is 2.32. The Hall–Kier alpha value is -2.14. The maximum atomic E-state index is 11.9. The van der Waals surface area contributed by atoms with Crippen molar-refractivity contribution < 1.29 is 9.90 Å². The summed E-state index contributed by atoms with van der Waals surface area (Å²) in [5, 5.41) is 16.0. The Balaban J connectivity index is 2.00. The van der Waals surface area contributed by atoms with Crippen LogP contribution in [0.5, 0.6) is 5.75 Å². The molecule has 1 aliphatic rings. The molecule has 1 aliphatic heterocycles. The lowest BCUT2D eigenvalue weighted by Gasteiger charge is -2.20. The molecule has 1 N–H and O–H groups in total. The van der Waals surface area contributed by atoms with E-state index >= 15 is 0 Å². The van der Waals surface area contributed by atoms with Crippen LogP contribution in [-0.2, 0) is 4.79 Å². The molecule has 3 rings (SSSR count). The van der Waals surface area contributed by atoms with Gasteiger partial charge in [0, 0.05) is 23.4 Å². The number of hydrogen-bond donors (Lipinski definition) is 1. The molecule has 1 amide bonds. The highest BCUT2D eigenvalue weighted by atomic mass is 79.9. The van der Waals surface area contributed by atoms with Gasteiger partial charge in [-0.1, -0.05) is 46.3 Å². The molecule has 0 fully saturated rings. The van der Waals surface area contributed by atoms with Gasteiger partial charge in [0.05, 0.1) is 11.8 Å². The molecule has 0 spiro atoms. The van der Waals surface area contributed by atoms with Crippen LogP contribution in [0.2, 0.25) is 0 Å². The third-order valence-electron chi connectivity index (χ3n) is 3.69. The predicted octanol–water partition coefficient (Wildman–Crippen LogP) is 3.85. The first-order chi connectivity index (χ1) is 10.6. The topological polar surface area (TPSA) is 52.9 Å². The van der Waals surface area contributed by atoms with Gasteiger partial charge in [-0.05, 0) is 23.8 Å². The average molecular weight is 359 g/mol. The number of amides is 1. The molecule has 0 aromatic heterocycles. The molecule has 4 nitrogen and oxygen atoms in total. The molecule has 1 heterocycles. The van der Waals surface area contributed by atoms with Crippen molar-refractivity contribution >= 4 is 27.5 Å². The van der Waals surface area contributed by atoms with Gasteiger partial charge in [0.15, 0.2) is 0 Å². The van der Waals surface area contributed by atoms with Gasteiger partial charge in [-0.3, -0.25) is 4.79 Å². The molecule has 0 bridgehead atoms. The molecule has 112 valence electrons. The van der Waals surface area contributed by atoms with E-state index in [1.54, 1.807) is 12.1 Å². The van der Waals surface area contributed by atoms with Crippen LogP contribution >= 0.6 is 15.9 Å². The Bertz CT molecular complexity index is 744. The van der Waals surface area contributed by atoms with E-state index in [0.717, 1.165) is 10.0 Å². The van der Waals surface area contributed by atoms with Crippen LogP contribution in [0.15, 0.2) is 58.1 Å². The zero-order valence-electron chi connectivity index (χ0n) is 12.0. The van der Waals surface area contributed by atoms with Crippen LogP contribution in [-0.4, -0.2) is 21.7 Å². The molecular formula is C17H15BrN2O2. The van der Waals surface area contributed by atoms with Crippen LogP contribution in [0.25, 0.3) is 0 Å². The Morgan fingerprint density at radius 1 is 1.27 bits per heavy atom. The van der Waals surface area contributed by atoms with Crippen molar-refractivity contribution in [1.82, 2.24) is 5.01 Å². The summed E-state index contributed by atoms with van der Waals surface area (Å²) in [6.45, 7) is 1.50. The molecule has 22 heavy (non-hydrogen) atoms. The number of carbonyl (C=O) groups excluding carboxylic acids is 1. The monoisotopic (exact) mass is 358 g/mol. The number of nitrogens with zero attached hydrogens (tertiary/aromatic N) is 2. The van der Waals surface area contributed by atoms with Crippen molar-refractivity contribution in [3.8, 4) is 5.75 Å². The fraction of sp³-hybridized carbons (Fsp3) is 0.176. The van der Waals surface area contributed by atoms with Crippen LogP contribution in [0.3, 0.4) is 0 Å². The van der Waals surface area contributed by atoms with E-state index < -0.39 is 0 Å². The highest BCUT2D eigenvalue weighted by Crippen LogP contribution is 2.35. The average Bonchev–Trinajstić information content (AvgIpc) is 2.96. The number of halogens is 1. The number of phenols is 1. The second-order valence-electron chi connectivity index (χ2n) is 5.20. The van der Waals surface area contributed by atoms with E-state index in [-0.39, 0.29) is 17.7 Å². The first-order valence-electron chi connectivity index (χ1n) is 6.97. The summed E-state index contributed by atoms with van der Waals surface area (Å²) in [6.07, 6.45) is 0.577. The van der Waals surface area contributed by atoms with Gasteiger partial charge >= 0.3 is 0 Å². The second-order valence-corrected chi connectivity index (χ2v) is 6.12. The summed E-state index contributed by atoms with van der Waals surface area (Å²) in [4.78, 5) is 11.9. The maximum Gasteiger partial charge on any atom is 0.240 e. The zero-order valence-corrected chi connectivity index (χ0v) is 13.6. The Kier molecular flexibility index (Phi) is 3.98. The zero-order chi connectivity index (χ0) is 15.7. The lowest BCUT2D eigenvalue weighted by Crippen LogP contribution is -2.24. The van der Waals surface area contributed by atoms with Gasteiger partial charge in [0.25, 0.3) is 0 Å². The minimum absolute atomic E-state index is 0.113. The van der Waals surface area contributed by atoms with Crippen LogP contribution in [0, 0.1) is 0 Å². The molecule has 0 radical (unpaired) electrons. The summed E-state index contributed by atoms with van der Waals surface area (Å²) in [5.74, 6) is 0.0532. The van der Waals surface area contributed by atoms with E-state index in [4.69, 9.17) is 0 Å². The Labute approximate surface area is 137 Å². The lowest BCUT2D eigenvalue weighted by atomic mass is 9.98. The van der Waals surface area contributed by atoms with E-state index in [0.29, 0.717) is 17.7 Å². The third kappa shape index (κ3) is 2.76. The fourth-order valence-corrected chi connectivity index (χ4v) is 3.00.